The van der Waals surface area contributed by atoms with Crippen LogP contribution in [0.5, 0.6) is 0 Å². The second-order valence-corrected chi connectivity index (χ2v) is 5.55. The molecule has 18 heavy (non-hydrogen) atoms. The number of likely N-dealkylation sites (N-methyl/N-ethyl adjacent to an activating group) is 1. The van der Waals surface area contributed by atoms with Crippen LogP contribution in [-0.4, -0.2) is 41.9 Å². The minimum Gasteiger partial charge on any atom is -0.395 e. The van der Waals surface area contributed by atoms with Crippen molar-refractivity contribution in [3.8, 4) is 0 Å². The monoisotopic (exact) mass is 287 g/mol. The van der Waals surface area contributed by atoms with Gasteiger partial charge in [-0.3, -0.25) is 4.79 Å². The maximum absolute atomic E-state index is 11.6. The first-order valence-electron chi connectivity index (χ1n) is 5.86. The van der Waals surface area contributed by atoms with E-state index in [1.165, 1.54) is 0 Å². The number of nitrogens with zero attached hydrogens (tertiary/aromatic N) is 1. The average Bonchev–Trinajstić information content (AvgIpc) is 2.36. The van der Waals surface area contributed by atoms with E-state index in [4.69, 9.17) is 16.7 Å². The summed E-state index contributed by atoms with van der Waals surface area (Å²) in [6, 6.07) is 7.69. The Hall–Kier alpha value is -0.710. The van der Waals surface area contributed by atoms with E-state index in [2.05, 4.69) is 0 Å². The molecule has 100 valence electrons. The highest BCUT2D eigenvalue weighted by Crippen LogP contribution is 2.21. The Bertz CT molecular complexity index is 370. The molecule has 0 saturated heterocycles. The smallest absolute Gasteiger partial charge is 0.222 e. The summed E-state index contributed by atoms with van der Waals surface area (Å²) in [6.07, 6.45) is 1.36. The number of hydrogen-bond donors (Lipinski definition) is 1. The van der Waals surface area contributed by atoms with Crippen molar-refractivity contribution in [2.75, 3.05) is 26.0 Å². The Morgan fingerprint density at radius 1 is 1.39 bits per heavy atom. The van der Waals surface area contributed by atoms with Crippen LogP contribution in [0.2, 0.25) is 5.02 Å². The summed E-state index contributed by atoms with van der Waals surface area (Å²) in [5.41, 5.74) is 0. The van der Waals surface area contributed by atoms with E-state index in [1.54, 1.807) is 23.7 Å². The van der Waals surface area contributed by atoms with Crippen LogP contribution in [0.25, 0.3) is 0 Å². The molecule has 0 atom stereocenters. The van der Waals surface area contributed by atoms with E-state index in [0.717, 1.165) is 22.1 Å². The Labute approximate surface area is 117 Å². The fraction of sp³-hybridized carbons (Fsp3) is 0.462. The zero-order valence-electron chi connectivity index (χ0n) is 10.4. The minimum atomic E-state index is 0.0156. The van der Waals surface area contributed by atoms with E-state index in [0.29, 0.717) is 13.0 Å². The molecule has 5 heteroatoms. The van der Waals surface area contributed by atoms with Crippen LogP contribution in [0.3, 0.4) is 0 Å². The molecular weight excluding hydrogens is 270 g/mol. The van der Waals surface area contributed by atoms with Crippen molar-refractivity contribution in [3.05, 3.63) is 29.3 Å². The Kier molecular flexibility index (Phi) is 7.16. The summed E-state index contributed by atoms with van der Waals surface area (Å²) in [4.78, 5) is 14.3. The van der Waals surface area contributed by atoms with Gasteiger partial charge in [0.2, 0.25) is 5.91 Å². The van der Waals surface area contributed by atoms with Crippen molar-refractivity contribution < 1.29 is 9.90 Å². The lowest BCUT2D eigenvalue weighted by atomic mass is 10.3. The van der Waals surface area contributed by atoms with Crippen LogP contribution < -0.4 is 0 Å². The van der Waals surface area contributed by atoms with Crippen LogP contribution in [0.1, 0.15) is 12.8 Å². The number of rotatable bonds is 7. The Balaban J connectivity index is 2.18. The second kappa shape index (κ2) is 8.40. The van der Waals surface area contributed by atoms with Gasteiger partial charge in [-0.2, -0.15) is 0 Å². The van der Waals surface area contributed by atoms with Gasteiger partial charge in [0.25, 0.3) is 0 Å². The largest absolute Gasteiger partial charge is 0.395 e. The topological polar surface area (TPSA) is 40.5 Å². The molecule has 0 aliphatic carbocycles. The highest BCUT2D eigenvalue weighted by molar-refractivity contribution is 7.99. The summed E-state index contributed by atoms with van der Waals surface area (Å²) < 4.78 is 0. The molecule has 0 heterocycles. The molecule has 0 bridgehead atoms. The summed E-state index contributed by atoms with van der Waals surface area (Å²) >= 11 is 7.52. The predicted molar refractivity (Wildman–Crippen MR) is 76.1 cm³/mol. The molecule has 1 rings (SSSR count). The summed E-state index contributed by atoms with van der Waals surface area (Å²) in [7, 11) is 1.71. The second-order valence-electron chi connectivity index (χ2n) is 3.94. The summed E-state index contributed by atoms with van der Waals surface area (Å²) in [5.74, 6) is 0.987. The van der Waals surface area contributed by atoms with Crippen LogP contribution >= 0.6 is 23.4 Å². The van der Waals surface area contributed by atoms with Crippen LogP contribution in [-0.2, 0) is 4.79 Å². The van der Waals surface area contributed by atoms with Gasteiger partial charge in [0.15, 0.2) is 0 Å². The van der Waals surface area contributed by atoms with Crippen LogP contribution in [0.4, 0.5) is 0 Å². The molecule has 0 unspecified atom stereocenters. The van der Waals surface area contributed by atoms with Crippen molar-refractivity contribution in [1.82, 2.24) is 4.90 Å². The zero-order chi connectivity index (χ0) is 13.4. The Morgan fingerprint density at radius 2 is 2.06 bits per heavy atom. The fourth-order valence-corrected chi connectivity index (χ4v) is 2.39. The first kappa shape index (κ1) is 15.3. The van der Waals surface area contributed by atoms with Gasteiger partial charge in [-0.05, 0) is 36.4 Å². The quantitative estimate of drug-likeness (QED) is 0.619. The number of hydrogen-bond acceptors (Lipinski definition) is 3. The SMILES string of the molecule is CN(CCO)C(=O)CCCSc1ccc(Cl)cc1. The highest BCUT2D eigenvalue weighted by atomic mass is 35.5. The molecule has 0 aromatic heterocycles. The van der Waals surface area contributed by atoms with Gasteiger partial charge in [0, 0.05) is 29.9 Å². The Morgan fingerprint density at radius 3 is 2.67 bits per heavy atom. The molecular formula is C13H18ClNO2S. The zero-order valence-corrected chi connectivity index (χ0v) is 12.0. The van der Waals surface area contributed by atoms with Crippen molar-refractivity contribution in [1.29, 1.82) is 0 Å². The minimum absolute atomic E-state index is 0.0156. The maximum atomic E-state index is 11.6. The molecule has 1 N–H and O–H groups in total. The van der Waals surface area contributed by atoms with E-state index in [-0.39, 0.29) is 12.5 Å². The van der Waals surface area contributed by atoms with E-state index >= 15 is 0 Å². The predicted octanol–water partition coefficient (Wildman–Crippen LogP) is 2.66. The van der Waals surface area contributed by atoms with E-state index in [1.807, 2.05) is 24.3 Å². The van der Waals surface area contributed by atoms with Gasteiger partial charge in [0.05, 0.1) is 6.61 Å². The van der Waals surface area contributed by atoms with Crippen molar-refractivity contribution in [3.63, 3.8) is 0 Å². The third-order valence-corrected chi connectivity index (χ3v) is 3.83. The lowest BCUT2D eigenvalue weighted by Crippen LogP contribution is -2.29. The van der Waals surface area contributed by atoms with Crippen LogP contribution in [0.15, 0.2) is 29.2 Å². The molecule has 0 saturated carbocycles. The summed E-state index contributed by atoms with van der Waals surface area (Å²) in [5, 5.41) is 9.46. The molecule has 0 aliphatic rings. The summed E-state index contributed by atoms with van der Waals surface area (Å²) in [6.45, 7) is 0.422. The average molecular weight is 288 g/mol. The number of benzene rings is 1. The molecule has 1 aromatic carbocycles. The lowest BCUT2D eigenvalue weighted by molar-refractivity contribution is -0.130. The fourth-order valence-electron chi connectivity index (χ4n) is 1.41. The van der Waals surface area contributed by atoms with Gasteiger partial charge < -0.3 is 10.0 Å². The van der Waals surface area contributed by atoms with Gasteiger partial charge in [-0.25, -0.2) is 0 Å². The lowest BCUT2D eigenvalue weighted by Gasteiger charge is -2.15. The molecule has 1 amide bonds. The van der Waals surface area contributed by atoms with Crippen molar-refractivity contribution >= 4 is 29.3 Å². The number of carbonyl (C=O) groups excluding carboxylic acids is 1. The molecule has 0 fully saturated rings. The van der Waals surface area contributed by atoms with E-state index < -0.39 is 0 Å². The number of aliphatic hydroxyl groups is 1. The number of thioether (sulfide) groups is 1. The highest BCUT2D eigenvalue weighted by Gasteiger charge is 2.07. The standard InChI is InChI=1S/C13H18ClNO2S/c1-15(8-9-16)13(17)3-2-10-18-12-6-4-11(14)5-7-12/h4-7,16H,2-3,8-10H2,1H3. The first-order chi connectivity index (χ1) is 8.63. The maximum Gasteiger partial charge on any atom is 0.222 e. The molecule has 0 spiro atoms. The third kappa shape index (κ3) is 5.76. The van der Waals surface area contributed by atoms with Gasteiger partial charge in [0.1, 0.15) is 0 Å². The first-order valence-corrected chi connectivity index (χ1v) is 7.23. The number of amides is 1. The third-order valence-electron chi connectivity index (χ3n) is 2.48. The molecule has 0 radical (unpaired) electrons. The molecule has 1 aromatic rings. The van der Waals surface area contributed by atoms with Gasteiger partial charge in [-0.1, -0.05) is 11.6 Å². The van der Waals surface area contributed by atoms with Crippen molar-refractivity contribution in [2.45, 2.75) is 17.7 Å². The molecule has 3 nitrogen and oxygen atoms in total. The number of halogens is 1. The molecule has 0 aliphatic heterocycles. The van der Waals surface area contributed by atoms with Gasteiger partial charge >= 0.3 is 0 Å². The number of carbonyl (C=O) groups is 1. The number of aliphatic hydroxyl groups excluding tert-OH is 1. The van der Waals surface area contributed by atoms with Gasteiger partial charge in [-0.15, -0.1) is 11.8 Å². The normalized spacial score (nSPS) is 10.4. The van der Waals surface area contributed by atoms with Crippen molar-refractivity contribution in [2.24, 2.45) is 0 Å². The van der Waals surface area contributed by atoms with E-state index in [9.17, 15) is 4.79 Å². The van der Waals surface area contributed by atoms with Crippen LogP contribution in [0, 0.1) is 0 Å².